The van der Waals surface area contributed by atoms with E-state index in [0.29, 0.717) is 41.7 Å². The molecule has 0 radical (unpaired) electrons. The van der Waals surface area contributed by atoms with Crippen LogP contribution in [0.3, 0.4) is 0 Å². The first kappa shape index (κ1) is 21.5. The molecule has 28 heavy (non-hydrogen) atoms. The predicted molar refractivity (Wildman–Crippen MR) is 108 cm³/mol. The number of rotatable bonds is 9. The first-order chi connectivity index (χ1) is 13.4. The Morgan fingerprint density at radius 1 is 1.18 bits per heavy atom. The molecule has 1 aromatic carbocycles. The second-order valence-electron chi connectivity index (χ2n) is 7.62. The SMILES string of the molecule is O=C(NCC1CCN(CCNS(=O)(=O)C2CC2)CC1)c1cc(Cl)cc(CF)c1. The Morgan fingerprint density at radius 3 is 2.54 bits per heavy atom. The van der Waals surface area contributed by atoms with Crippen LogP contribution in [0.5, 0.6) is 0 Å². The second-order valence-corrected chi connectivity index (χ2v) is 10.1. The lowest BCUT2D eigenvalue weighted by atomic mass is 9.96. The van der Waals surface area contributed by atoms with Gasteiger partial charge in [0.1, 0.15) is 6.67 Å². The van der Waals surface area contributed by atoms with Gasteiger partial charge in [-0.2, -0.15) is 0 Å². The first-order valence-corrected chi connectivity index (χ1v) is 11.6. The summed E-state index contributed by atoms with van der Waals surface area (Å²) >= 11 is 5.93. The summed E-state index contributed by atoms with van der Waals surface area (Å²) in [7, 11) is -3.11. The highest BCUT2D eigenvalue weighted by Gasteiger charge is 2.35. The van der Waals surface area contributed by atoms with Gasteiger partial charge < -0.3 is 10.2 Å². The monoisotopic (exact) mass is 431 g/mol. The van der Waals surface area contributed by atoms with E-state index in [9.17, 15) is 17.6 Å². The van der Waals surface area contributed by atoms with Gasteiger partial charge in [-0.05, 0) is 68.5 Å². The van der Waals surface area contributed by atoms with Crippen molar-refractivity contribution in [2.75, 3.05) is 32.7 Å². The van der Waals surface area contributed by atoms with Crippen LogP contribution in [-0.2, 0) is 16.7 Å². The fourth-order valence-electron chi connectivity index (χ4n) is 3.45. The maximum Gasteiger partial charge on any atom is 0.251 e. The third-order valence-electron chi connectivity index (χ3n) is 5.33. The van der Waals surface area contributed by atoms with E-state index in [4.69, 9.17) is 11.6 Å². The molecule has 2 fully saturated rings. The van der Waals surface area contributed by atoms with E-state index < -0.39 is 16.7 Å². The van der Waals surface area contributed by atoms with E-state index in [0.717, 1.165) is 38.8 Å². The number of carbonyl (C=O) groups excluding carboxylic acids is 1. The van der Waals surface area contributed by atoms with Gasteiger partial charge in [0.2, 0.25) is 10.0 Å². The van der Waals surface area contributed by atoms with Gasteiger partial charge in [0.25, 0.3) is 5.91 Å². The fourth-order valence-corrected chi connectivity index (χ4v) is 5.08. The summed E-state index contributed by atoms with van der Waals surface area (Å²) in [5.74, 6) is 0.136. The maximum atomic E-state index is 12.8. The van der Waals surface area contributed by atoms with Crippen molar-refractivity contribution in [2.45, 2.75) is 37.6 Å². The smallest absolute Gasteiger partial charge is 0.251 e. The second kappa shape index (κ2) is 9.52. The highest BCUT2D eigenvalue weighted by Crippen LogP contribution is 2.27. The van der Waals surface area contributed by atoms with Gasteiger partial charge in [-0.3, -0.25) is 4.79 Å². The molecule has 9 heteroatoms. The zero-order valence-corrected chi connectivity index (χ0v) is 17.4. The maximum absolute atomic E-state index is 12.8. The molecule has 2 N–H and O–H groups in total. The number of alkyl halides is 1. The Morgan fingerprint density at radius 2 is 1.89 bits per heavy atom. The molecule has 1 saturated heterocycles. The average Bonchev–Trinajstić information content (AvgIpc) is 3.52. The summed E-state index contributed by atoms with van der Waals surface area (Å²) in [5.41, 5.74) is 0.767. The van der Waals surface area contributed by atoms with Crippen molar-refractivity contribution < 1.29 is 17.6 Å². The number of halogens is 2. The molecular formula is C19H27ClFN3O3S. The van der Waals surface area contributed by atoms with Gasteiger partial charge >= 0.3 is 0 Å². The summed E-state index contributed by atoms with van der Waals surface area (Å²) in [4.78, 5) is 14.5. The van der Waals surface area contributed by atoms with Crippen molar-refractivity contribution in [1.29, 1.82) is 0 Å². The molecule has 2 aliphatic rings. The Hall–Kier alpha value is -1.22. The van der Waals surface area contributed by atoms with Crippen LogP contribution in [0.25, 0.3) is 0 Å². The quantitative estimate of drug-likeness (QED) is 0.629. The molecule has 1 aromatic rings. The van der Waals surface area contributed by atoms with Gasteiger partial charge in [-0.15, -0.1) is 0 Å². The zero-order valence-electron chi connectivity index (χ0n) is 15.8. The Bertz CT molecular complexity index is 794. The van der Waals surface area contributed by atoms with Crippen LogP contribution in [0.4, 0.5) is 4.39 Å². The molecule has 3 rings (SSSR count). The van der Waals surface area contributed by atoms with Gasteiger partial charge in [0.05, 0.1) is 5.25 Å². The van der Waals surface area contributed by atoms with E-state index in [1.165, 1.54) is 12.1 Å². The zero-order chi connectivity index (χ0) is 20.1. The summed E-state index contributed by atoms with van der Waals surface area (Å²) in [6.45, 7) is 2.84. The molecule has 1 amide bonds. The molecule has 1 heterocycles. The molecule has 0 aromatic heterocycles. The predicted octanol–water partition coefficient (Wildman–Crippen LogP) is 2.33. The lowest BCUT2D eigenvalue weighted by Crippen LogP contribution is -2.42. The largest absolute Gasteiger partial charge is 0.352 e. The molecule has 1 aliphatic carbocycles. The van der Waals surface area contributed by atoms with E-state index in [1.54, 1.807) is 6.07 Å². The Balaban J connectivity index is 1.36. The van der Waals surface area contributed by atoms with Crippen LogP contribution in [0.15, 0.2) is 18.2 Å². The lowest BCUT2D eigenvalue weighted by Gasteiger charge is -2.32. The van der Waals surface area contributed by atoms with Crippen molar-refractivity contribution in [1.82, 2.24) is 14.9 Å². The van der Waals surface area contributed by atoms with Gasteiger partial charge in [0.15, 0.2) is 0 Å². The van der Waals surface area contributed by atoms with E-state index in [-0.39, 0.29) is 11.2 Å². The van der Waals surface area contributed by atoms with Crippen molar-refractivity contribution in [3.05, 3.63) is 34.3 Å². The highest BCUT2D eigenvalue weighted by molar-refractivity contribution is 7.90. The molecule has 0 bridgehead atoms. The van der Waals surface area contributed by atoms with Crippen LogP contribution in [0.2, 0.25) is 5.02 Å². The summed E-state index contributed by atoms with van der Waals surface area (Å²) in [5, 5.41) is 3.09. The van der Waals surface area contributed by atoms with Crippen LogP contribution in [-0.4, -0.2) is 57.2 Å². The number of hydrogen-bond donors (Lipinski definition) is 2. The summed E-state index contributed by atoms with van der Waals surface area (Å²) < 4.78 is 39.1. The number of likely N-dealkylation sites (tertiary alicyclic amines) is 1. The first-order valence-electron chi connectivity index (χ1n) is 9.72. The minimum Gasteiger partial charge on any atom is -0.352 e. The third-order valence-corrected chi connectivity index (χ3v) is 7.50. The van der Waals surface area contributed by atoms with E-state index in [1.807, 2.05) is 0 Å². The molecule has 0 unspecified atom stereocenters. The number of sulfonamides is 1. The molecule has 0 atom stereocenters. The van der Waals surface area contributed by atoms with Crippen molar-refractivity contribution in [3.8, 4) is 0 Å². The van der Waals surface area contributed by atoms with Crippen molar-refractivity contribution >= 4 is 27.5 Å². The average molecular weight is 432 g/mol. The van der Waals surface area contributed by atoms with Crippen LogP contribution in [0.1, 0.15) is 41.6 Å². The topological polar surface area (TPSA) is 78.5 Å². The van der Waals surface area contributed by atoms with E-state index >= 15 is 0 Å². The molecular weight excluding hydrogens is 405 g/mol. The highest BCUT2D eigenvalue weighted by atomic mass is 35.5. The summed E-state index contributed by atoms with van der Waals surface area (Å²) in [6, 6.07) is 4.58. The standard InChI is InChI=1S/C19H27ClFN3O3S/c20-17-10-15(12-21)9-16(11-17)19(25)22-13-14-3-6-24(7-4-14)8-5-23-28(26,27)18-1-2-18/h9-11,14,18,23H,1-8,12-13H2,(H,22,25). The third kappa shape index (κ3) is 6.14. The number of hydrogen-bond acceptors (Lipinski definition) is 4. The molecule has 0 spiro atoms. The Kier molecular flexibility index (Phi) is 7.31. The number of carbonyl (C=O) groups is 1. The van der Waals surface area contributed by atoms with Crippen LogP contribution in [0, 0.1) is 5.92 Å². The number of piperidine rings is 1. The molecule has 1 saturated carbocycles. The molecule has 6 nitrogen and oxygen atoms in total. The van der Waals surface area contributed by atoms with Gasteiger partial charge in [-0.25, -0.2) is 17.5 Å². The minimum absolute atomic E-state index is 0.178. The lowest BCUT2D eigenvalue weighted by molar-refractivity contribution is 0.0936. The van der Waals surface area contributed by atoms with Crippen molar-refractivity contribution in [3.63, 3.8) is 0 Å². The number of benzene rings is 1. The normalized spacial score (nSPS) is 18.9. The molecule has 156 valence electrons. The van der Waals surface area contributed by atoms with Crippen molar-refractivity contribution in [2.24, 2.45) is 5.92 Å². The number of amides is 1. The van der Waals surface area contributed by atoms with Crippen LogP contribution >= 0.6 is 11.6 Å². The fraction of sp³-hybridized carbons (Fsp3) is 0.632. The minimum atomic E-state index is -3.11. The van der Waals surface area contributed by atoms with Crippen LogP contribution < -0.4 is 10.0 Å². The Labute approximate surface area is 170 Å². The van der Waals surface area contributed by atoms with Gasteiger partial charge in [-0.1, -0.05) is 11.6 Å². The molecule has 1 aliphatic heterocycles. The van der Waals surface area contributed by atoms with E-state index in [2.05, 4.69) is 14.9 Å². The number of nitrogens with zero attached hydrogens (tertiary/aromatic N) is 1. The number of nitrogens with one attached hydrogen (secondary N) is 2. The summed E-state index contributed by atoms with van der Waals surface area (Å²) in [6.07, 6.45) is 3.44. The van der Waals surface area contributed by atoms with Gasteiger partial charge in [0, 0.05) is 30.2 Å².